The molecule has 2 aliphatic rings. The smallest absolute Gasteiger partial charge is 0.236 e. The van der Waals surface area contributed by atoms with Gasteiger partial charge in [-0.1, -0.05) is 24.3 Å². The van der Waals surface area contributed by atoms with Crippen molar-refractivity contribution in [2.75, 3.05) is 33.4 Å². The molecule has 138 valence electrons. The summed E-state index contributed by atoms with van der Waals surface area (Å²) in [6.45, 7) is 5.32. The highest BCUT2D eigenvalue weighted by atomic mass is 16.5. The summed E-state index contributed by atoms with van der Waals surface area (Å²) in [7, 11) is 1.87. The minimum Gasteiger partial charge on any atom is -0.393 e. The first-order valence-electron chi connectivity index (χ1n) is 9.34. The van der Waals surface area contributed by atoms with Gasteiger partial charge >= 0.3 is 0 Å². The maximum absolute atomic E-state index is 12.7. The molecule has 1 aromatic carbocycles. The van der Waals surface area contributed by atoms with Crippen molar-refractivity contribution in [3.63, 3.8) is 0 Å². The van der Waals surface area contributed by atoms with E-state index in [1.165, 1.54) is 11.1 Å². The summed E-state index contributed by atoms with van der Waals surface area (Å²) < 4.78 is 5.58. The number of likely N-dealkylation sites (tertiary alicyclic amines) is 1. The monoisotopic (exact) mass is 346 g/mol. The first-order valence-corrected chi connectivity index (χ1v) is 9.34. The van der Waals surface area contributed by atoms with Crippen LogP contribution in [0.4, 0.5) is 0 Å². The van der Waals surface area contributed by atoms with Crippen LogP contribution >= 0.6 is 0 Å². The number of nitrogens with zero attached hydrogens (tertiary/aromatic N) is 2. The number of benzene rings is 1. The number of aliphatic hydroxyl groups excluding tert-OH is 1. The maximum Gasteiger partial charge on any atom is 0.236 e. The lowest BCUT2D eigenvalue weighted by Crippen LogP contribution is -2.48. The third-order valence-corrected chi connectivity index (χ3v) is 5.70. The number of rotatable bonds is 5. The third-order valence-electron chi connectivity index (χ3n) is 5.70. The maximum atomic E-state index is 12.7. The van der Waals surface area contributed by atoms with E-state index in [2.05, 4.69) is 24.0 Å². The van der Waals surface area contributed by atoms with Gasteiger partial charge in [-0.3, -0.25) is 9.69 Å². The molecule has 5 nitrogen and oxygen atoms in total. The lowest BCUT2D eigenvalue weighted by molar-refractivity contribution is -0.133. The fraction of sp³-hybridized carbons (Fsp3) is 0.650. The van der Waals surface area contributed by atoms with E-state index in [4.69, 9.17) is 4.74 Å². The molecule has 2 fully saturated rings. The zero-order valence-corrected chi connectivity index (χ0v) is 15.4. The van der Waals surface area contributed by atoms with E-state index in [1.54, 1.807) is 0 Å². The Labute approximate surface area is 150 Å². The zero-order chi connectivity index (χ0) is 17.8. The second-order valence-corrected chi connectivity index (χ2v) is 7.45. The number of hydrogen-bond acceptors (Lipinski definition) is 4. The Morgan fingerprint density at radius 1 is 1.36 bits per heavy atom. The Kier molecular flexibility index (Phi) is 6.10. The quantitative estimate of drug-likeness (QED) is 0.884. The van der Waals surface area contributed by atoms with Crippen LogP contribution in [0.15, 0.2) is 24.3 Å². The molecule has 3 unspecified atom stereocenters. The molecule has 1 aromatic rings. The van der Waals surface area contributed by atoms with Crippen LogP contribution in [0.25, 0.3) is 0 Å². The summed E-state index contributed by atoms with van der Waals surface area (Å²) >= 11 is 0. The molecule has 0 aromatic heterocycles. The van der Waals surface area contributed by atoms with Crippen LogP contribution in [-0.2, 0) is 16.1 Å². The molecule has 0 spiro atoms. The number of hydrogen-bond donors (Lipinski definition) is 1. The van der Waals surface area contributed by atoms with Gasteiger partial charge in [-0.15, -0.1) is 0 Å². The van der Waals surface area contributed by atoms with Gasteiger partial charge in [0.2, 0.25) is 5.91 Å². The average Bonchev–Trinajstić information content (AvgIpc) is 3.05. The molecule has 0 saturated carbocycles. The number of ether oxygens (including phenoxy) is 1. The van der Waals surface area contributed by atoms with Crippen molar-refractivity contribution in [1.29, 1.82) is 0 Å². The van der Waals surface area contributed by atoms with Gasteiger partial charge in [-0.2, -0.15) is 0 Å². The minimum atomic E-state index is -0.306. The second-order valence-electron chi connectivity index (χ2n) is 7.45. The molecule has 3 rings (SSSR count). The van der Waals surface area contributed by atoms with Crippen LogP contribution < -0.4 is 0 Å². The molecule has 2 saturated heterocycles. The molecule has 0 bridgehead atoms. The van der Waals surface area contributed by atoms with E-state index in [9.17, 15) is 9.90 Å². The molecule has 0 radical (unpaired) electrons. The summed E-state index contributed by atoms with van der Waals surface area (Å²) in [4.78, 5) is 16.8. The average molecular weight is 346 g/mol. The van der Waals surface area contributed by atoms with E-state index in [0.717, 1.165) is 19.4 Å². The van der Waals surface area contributed by atoms with Gasteiger partial charge < -0.3 is 14.7 Å². The molecule has 3 atom stereocenters. The van der Waals surface area contributed by atoms with E-state index < -0.39 is 0 Å². The molecule has 1 amide bonds. The first-order chi connectivity index (χ1) is 12.1. The van der Waals surface area contributed by atoms with Gasteiger partial charge in [-0.25, -0.2) is 0 Å². The molecule has 2 aliphatic heterocycles. The number of carbonyl (C=O) groups is 1. The standard InChI is InChI=1S/C20H30N2O3/c1-15-6-3-4-7-16(15)12-21(2)20(24)13-22-10-5-8-18(22)17-14-25-11-9-19(17)23/h3-4,6-7,17-19,23H,5,8-14H2,1-2H3. The lowest BCUT2D eigenvalue weighted by Gasteiger charge is -2.37. The van der Waals surface area contributed by atoms with Crippen molar-refractivity contribution in [2.45, 2.75) is 44.9 Å². The molecule has 1 N–H and O–H groups in total. The number of aliphatic hydroxyl groups is 1. The fourth-order valence-electron chi connectivity index (χ4n) is 4.07. The van der Waals surface area contributed by atoms with E-state index in [-0.39, 0.29) is 24.0 Å². The molecule has 5 heteroatoms. The van der Waals surface area contributed by atoms with Crippen molar-refractivity contribution < 1.29 is 14.6 Å². The Morgan fingerprint density at radius 2 is 2.16 bits per heavy atom. The van der Waals surface area contributed by atoms with Gasteiger partial charge in [-0.05, 0) is 43.9 Å². The minimum absolute atomic E-state index is 0.130. The van der Waals surface area contributed by atoms with Crippen LogP contribution in [-0.4, -0.2) is 66.3 Å². The van der Waals surface area contributed by atoms with Crippen molar-refractivity contribution >= 4 is 5.91 Å². The Bertz CT molecular complexity index is 592. The largest absolute Gasteiger partial charge is 0.393 e. The Hall–Kier alpha value is -1.43. The highest BCUT2D eigenvalue weighted by molar-refractivity contribution is 5.78. The molecule has 25 heavy (non-hydrogen) atoms. The molecular formula is C20H30N2O3. The number of likely N-dealkylation sites (N-methyl/N-ethyl adjacent to an activating group) is 1. The van der Waals surface area contributed by atoms with Gasteiger partial charge in [0.05, 0.1) is 19.3 Å². The van der Waals surface area contributed by atoms with Gasteiger partial charge in [0.25, 0.3) is 0 Å². The summed E-state index contributed by atoms with van der Waals surface area (Å²) in [6, 6.07) is 8.45. The van der Waals surface area contributed by atoms with Crippen molar-refractivity contribution in [3.05, 3.63) is 35.4 Å². The molecule has 2 heterocycles. The fourth-order valence-corrected chi connectivity index (χ4v) is 4.07. The van der Waals surface area contributed by atoms with Crippen LogP contribution in [0, 0.1) is 12.8 Å². The van der Waals surface area contributed by atoms with Crippen LogP contribution in [0.5, 0.6) is 0 Å². The van der Waals surface area contributed by atoms with Crippen LogP contribution in [0.3, 0.4) is 0 Å². The third kappa shape index (κ3) is 4.40. The van der Waals surface area contributed by atoms with Crippen LogP contribution in [0.1, 0.15) is 30.4 Å². The Balaban J connectivity index is 1.58. The number of aryl methyl sites for hydroxylation is 1. The first kappa shape index (κ1) is 18.4. The second kappa shape index (κ2) is 8.30. The summed E-state index contributed by atoms with van der Waals surface area (Å²) in [6.07, 6.45) is 2.53. The topological polar surface area (TPSA) is 53.0 Å². The number of carbonyl (C=O) groups excluding carboxylic acids is 1. The summed E-state index contributed by atoms with van der Waals surface area (Å²) in [5.74, 6) is 0.270. The highest BCUT2D eigenvalue weighted by Gasteiger charge is 2.38. The van der Waals surface area contributed by atoms with Crippen molar-refractivity contribution in [1.82, 2.24) is 9.80 Å². The predicted molar refractivity (Wildman–Crippen MR) is 97.2 cm³/mol. The Morgan fingerprint density at radius 3 is 2.92 bits per heavy atom. The normalized spacial score (nSPS) is 27.4. The van der Waals surface area contributed by atoms with Crippen molar-refractivity contribution in [2.24, 2.45) is 5.92 Å². The SMILES string of the molecule is Cc1ccccc1CN(C)C(=O)CN1CCCC1C1COCCC1O. The van der Waals surface area contributed by atoms with Gasteiger partial charge in [0.15, 0.2) is 0 Å². The number of amides is 1. The van der Waals surface area contributed by atoms with Crippen molar-refractivity contribution in [3.8, 4) is 0 Å². The van der Waals surface area contributed by atoms with Gasteiger partial charge in [0, 0.05) is 32.2 Å². The summed E-state index contributed by atoms with van der Waals surface area (Å²) in [5, 5.41) is 10.3. The molecular weight excluding hydrogens is 316 g/mol. The predicted octanol–water partition coefficient (Wildman–Crippen LogP) is 1.82. The van der Waals surface area contributed by atoms with E-state index in [0.29, 0.717) is 32.7 Å². The highest BCUT2D eigenvalue weighted by Crippen LogP contribution is 2.29. The lowest BCUT2D eigenvalue weighted by atomic mass is 9.89. The molecule has 0 aliphatic carbocycles. The zero-order valence-electron chi connectivity index (χ0n) is 15.4. The van der Waals surface area contributed by atoms with E-state index >= 15 is 0 Å². The summed E-state index contributed by atoms with van der Waals surface area (Å²) in [5.41, 5.74) is 2.40. The van der Waals surface area contributed by atoms with Crippen LogP contribution in [0.2, 0.25) is 0 Å². The van der Waals surface area contributed by atoms with Gasteiger partial charge in [0.1, 0.15) is 0 Å². The van der Waals surface area contributed by atoms with E-state index in [1.807, 2.05) is 24.1 Å².